The van der Waals surface area contributed by atoms with Crippen LogP contribution in [0.15, 0.2) is 48.5 Å². The van der Waals surface area contributed by atoms with Crippen LogP contribution in [0.3, 0.4) is 0 Å². The maximum atomic E-state index is 10.3. The molecule has 2 aromatic rings. The monoisotopic (exact) mass is 369 g/mol. The van der Waals surface area contributed by atoms with Crippen LogP contribution in [0.2, 0.25) is 0 Å². The van der Waals surface area contributed by atoms with Crippen LogP contribution in [-0.4, -0.2) is 50.1 Å². The Balaban J connectivity index is 2.15. The first kappa shape index (κ1) is 20.8. The van der Waals surface area contributed by atoms with E-state index in [0.29, 0.717) is 31.1 Å². The second-order valence-electron chi connectivity index (χ2n) is 6.18. The van der Waals surface area contributed by atoms with E-state index in [1.165, 1.54) is 0 Å². The molecule has 0 saturated heterocycles. The molecule has 0 aromatic heterocycles. The van der Waals surface area contributed by atoms with E-state index in [1.807, 2.05) is 36.4 Å². The van der Waals surface area contributed by atoms with Crippen LogP contribution in [0, 0.1) is 12.3 Å². The van der Waals surface area contributed by atoms with Crippen molar-refractivity contribution in [2.24, 2.45) is 0 Å². The number of aliphatic hydroxyl groups excluding tert-OH is 1. The van der Waals surface area contributed by atoms with Crippen LogP contribution in [0.5, 0.6) is 11.5 Å². The predicted molar refractivity (Wildman–Crippen MR) is 106 cm³/mol. The molecule has 5 heteroatoms. The second-order valence-corrected chi connectivity index (χ2v) is 6.18. The van der Waals surface area contributed by atoms with E-state index in [1.54, 1.807) is 14.2 Å². The van der Waals surface area contributed by atoms with Crippen LogP contribution >= 0.6 is 0 Å². The first-order chi connectivity index (χ1) is 13.2. The first-order valence-corrected chi connectivity index (χ1v) is 8.83. The van der Waals surface area contributed by atoms with Crippen molar-refractivity contribution in [3.8, 4) is 23.8 Å². The van der Waals surface area contributed by atoms with Crippen molar-refractivity contribution in [3.05, 3.63) is 59.7 Å². The first-order valence-electron chi connectivity index (χ1n) is 8.83. The van der Waals surface area contributed by atoms with Gasteiger partial charge in [-0.3, -0.25) is 4.90 Å². The molecule has 1 atom stereocenters. The number of nitrogens with zero attached hydrogens (tertiary/aromatic N) is 1. The maximum Gasteiger partial charge on any atom is 0.165 e. The average Bonchev–Trinajstić information content (AvgIpc) is 2.68. The highest BCUT2D eigenvalue weighted by Gasteiger charge is 2.17. The van der Waals surface area contributed by atoms with E-state index in [-0.39, 0.29) is 13.2 Å². The number of para-hydroxylation sites is 1. The fraction of sp³-hybridized carbons (Fsp3) is 0.364. The Bertz CT molecular complexity index is 727. The smallest absolute Gasteiger partial charge is 0.165 e. The Morgan fingerprint density at radius 3 is 2.48 bits per heavy atom. The number of hydrogen-bond acceptors (Lipinski definition) is 5. The van der Waals surface area contributed by atoms with Gasteiger partial charge in [0.25, 0.3) is 0 Å². The third-order valence-electron chi connectivity index (χ3n) is 4.09. The Hall–Kier alpha value is -2.52. The molecule has 0 bridgehead atoms. The molecule has 27 heavy (non-hydrogen) atoms. The average molecular weight is 369 g/mol. The normalized spacial score (nSPS) is 11.8. The van der Waals surface area contributed by atoms with E-state index in [9.17, 15) is 5.11 Å². The molecule has 1 N–H and O–H groups in total. The Morgan fingerprint density at radius 1 is 1.04 bits per heavy atom. The summed E-state index contributed by atoms with van der Waals surface area (Å²) >= 11 is 0. The molecular weight excluding hydrogens is 342 g/mol. The van der Waals surface area contributed by atoms with Gasteiger partial charge in [-0.1, -0.05) is 48.4 Å². The molecule has 0 saturated carbocycles. The van der Waals surface area contributed by atoms with Crippen molar-refractivity contribution in [3.63, 3.8) is 0 Å². The minimum Gasteiger partial charge on any atom is -0.493 e. The minimum absolute atomic E-state index is 0.194. The van der Waals surface area contributed by atoms with Crippen LogP contribution in [0.1, 0.15) is 11.1 Å². The van der Waals surface area contributed by atoms with E-state index in [0.717, 1.165) is 11.1 Å². The zero-order valence-electron chi connectivity index (χ0n) is 15.9. The Morgan fingerprint density at radius 2 is 1.81 bits per heavy atom. The molecule has 144 valence electrons. The topological polar surface area (TPSA) is 51.2 Å². The number of hydrogen-bond donors (Lipinski definition) is 1. The lowest BCUT2D eigenvalue weighted by atomic mass is 10.1. The van der Waals surface area contributed by atoms with Gasteiger partial charge < -0.3 is 19.3 Å². The number of benzene rings is 2. The van der Waals surface area contributed by atoms with Crippen molar-refractivity contribution in [1.82, 2.24) is 4.90 Å². The van der Waals surface area contributed by atoms with Gasteiger partial charge in [-0.15, -0.1) is 6.42 Å². The van der Waals surface area contributed by atoms with Crippen molar-refractivity contribution < 1.29 is 19.3 Å². The van der Waals surface area contributed by atoms with E-state index < -0.39 is 6.10 Å². The van der Waals surface area contributed by atoms with Crippen molar-refractivity contribution in [1.29, 1.82) is 0 Å². The molecule has 0 aliphatic rings. The molecule has 0 fully saturated rings. The number of methoxy groups -OCH3 is 2. The lowest BCUT2D eigenvalue weighted by Gasteiger charge is -2.26. The summed E-state index contributed by atoms with van der Waals surface area (Å²) in [6, 6.07) is 15.9. The molecule has 0 spiro atoms. The molecule has 2 rings (SSSR count). The standard InChI is InChI=1S/C22H27NO4/c1-4-13-27-17-20(24)16-23(14-18-9-6-5-7-10-18)15-19-11-8-12-21(25-2)22(19)26-3/h1,5-12,20,24H,13-17H2,2-3H3. The number of rotatable bonds is 11. The van der Waals surface area contributed by atoms with Crippen molar-refractivity contribution in [2.75, 3.05) is 34.0 Å². The summed E-state index contributed by atoms with van der Waals surface area (Å²) in [5.41, 5.74) is 2.15. The van der Waals surface area contributed by atoms with Gasteiger partial charge in [0.2, 0.25) is 0 Å². The fourth-order valence-corrected chi connectivity index (χ4v) is 2.95. The lowest BCUT2D eigenvalue weighted by molar-refractivity contribution is 0.0242. The summed E-state index contributed by atoms with van der Waals surface area (Å²) in [6.07, 6.45) is 4.55. The Kier molecular flexibility index (Phi) is 8.66. The van der Waals surface area contributed by atoms with Gasteiger partial charge in [0.1, 0.15) is 6.61 Å². The van der Waals surface area contributed by atoms with E-state index in [4.69, 9.17) is 20.6 Å². The third kappa shape index (κ3) is 6.61. The lowest BCUT2D eigenvalue weighted by Crippen LogP contribution is -2.34. The second kappa shape index (κ2) is 11.2. The maximum absolute atomic E-state index is 10.3. The molecule has 0 aliphatic heterocycles. The van der Waals surface area contributed by atoms with Gasteiger partial charge in [0.05, 0.1) is 26.9 Å². The van der Waals surface area contributed by atoms with Gasteiger partial charge in [-0.25, -0.2) is 0 Å². The molecule has 0 heterocycles. The van der Waals surface area contributed by atoms with Crippen molar-refractivity contribution >= 4 is 0 Å². The van der Waals surface area contributed by atoms with Gasteiger partial charge >= 0.3 is 0 Å². The van der Waals surface area contributed by atoms with Crippen LogP contribution < -0.4 is 9.47 Å². The third-order valence-corrected chi connectivity index (χ3v) is 4.09. The molecule has 2 aromatic carbocycles. The summed E-state index contributed by atoms with van der Waals surface area (Å²) in [7, 11) is 3.25. The summed E-state index contributed by atoms with van der Waals surface area (Å²) in [5.74, 6) is 3.80. The van der Waals surface area contributed by atoms with E-state index in [2.05, 4.69) is 23.0 Å². The quantitative estimate of drug-likeness (QED) is 0.488. The van der Waals surface area contributed by atoms with Crippen LogP contribution in [-0.2, 0) is 17.8 Å². The Labute approximate surface area is 161 Å². The van der Waals surface area contributed by atoms with Crippen molar-refractivity contribution in [2.45, 2.75) is 19.2 Å². The van der Waals surface area contributed by atoms with Gasteiger partial charge in [0, 0.05) is 25.2 Å². The highest BCUT2D eigenvalue weighted by atomic mass is 16.5. The largest absolute Gasteiger partial charge is 0.493 e. The summed E-state index contributed by atoms with van der Waals surface area (Å²) < 4.78 is 16.2. The SMILES string of the molecule is C#CCOCC(O)CN(Cc1ccccc1)Cc1cccc(OC)c1OC. The molecule has 5 nitrogen and oxygen atoms in total. The molecule has 0 aliphatic carbocycles. The molecular formula is C22H27NO4. The summed E-state index contributed by atoms with van der Waals surface area (Å²) in [5, 5.41) is 10.3. The number of terminal acetylenes is 1. The zero-order chi connectivity index (χ0) is 19.5. The minimum atomic E-state index is -0.640. The highest BCUT2D eigenvalue weighted by Crippen LogP contribution is 2.31. The van der Waals surface area contributed by atoms with Gasteiger partial charge in [0.15, 0.2) is 11.5 Å². The highest BCUT2D eigenvalue weighted by molar-refractivity contribution is 5.46. The van der Waals surface area contributed by atoms with Crippen LogP contribution in [0.25, 0.3) is 0 Å². The summed E-state index contributed by atoms with van der Waals surface area (Å²) in [6.45, 7) is 2.12. The predicted octanol–water partition coefficient (Wildman–Crippen LogP) is 2.72. The molecule has 0 radical (unpaired) electrons. The van der Waals surface area contributed by atoms with E-state index >= 15 is 0 Å². The number of ether oxygens (including phenoxy) is 3. The molecule has 0 amide bonds. The van der Waals surface area contributed by atoms with Crippen LogP contribution in [0.4, 0.5) is 0 Å². The van der Waals surface area contributed by atoms with Gasteiger partial charge in [-0.05, 0) is 11.6 Å². The molecule has 1 unspecified atom stereocenters. The summed E-state index contributed by atoms with van der Waals surface area (Å²) in [4.78, 5) is 2.15. The van der Waals surface area contributed by atoms with Gasteiger partial charge in [-0.2, -0.15) is 0 Å². The number of aliphatic hydroxyl groups is 1. The fourth-order valence-electron chi connectivity index (χ4n) is 2.95. The zero-order valence-corrected chi connectivity index (χ0v) is 15.9.